The molecule has 2 saturated heterocycles. The van der Waals surface area contributed by atoms with Crippen LogP contribution in [0.4, 0.5) is 4.79 Å². The summed E-state index contributed by atoms with van der Waals surface area (Å²) < 4.78 is 10.3. The molecule has 0 bridgehead atoms. The predicted octanol–water partition coefficient (Wildman–Crippen LogP) is 0.372. The minimum absolute atomic E-state index is 0.211. The third-order valence-electron chi connectivity index (χ3n) is 3.89. The van der Waals surface area contributed by atoms with Crippen molar-refractivity contribution in [3.05, 3.63) is 0 Å². The van der Waals surface area contributed by atoms with Gasteiger partial charge in [-0.05, 0) is 6.92 Å². The summed E-state index contributed by atoms with van der Waals surface area (Å²) in [4.78, 5) is 19.9. The second-order valence-corrected chi connectivity index (χ2v) is 5.88. The van der Waals surface area contributed by atoms with E-state index in [9.17, 15) is 4.79 Å². The van der Waals surface area contributed by atoms with E-state index < -0.39 is 0 Å². The van der Waals surface area contributed by atoms with Gasteiger partial charge in [-0.25, -0.2) is 4.79 Å². The van der Waals surface area contributed by atoms with E-state index in [1.807, 2.05) is 6.92 Å². The zero-order chi connectivity index (χ0) is 15.3. The maximum Gasteiger partial charge on any atom is 0.409 e. The lowest BCUT2D eigenvalue weighted by Gasteiger charge is -2.40. The van der Waals surface area contributed by atoms with Crippen LogP contribution in [0.3, 0.4) is 0 Å². The monoisotopic (exact) mass is 298 g/mol. The van der Waals surface area contributed by atoms with Gasteiger partial charge >= 0.3 is 6.09 Å². The second kappa shape index (κ2) is 6.98. The fraction of sp³-hybridized carbons (Fsp3) is 0.857. The maximum absolute atomic E-state index is 11.7. The Balaban J connectivity index is 1.78. The molecule has 120 valence electrons. The molecule has 2 heterocycles. The molecule has 0 aromatic carbocycles. The quantitative estimate of drug-likeness (QED) is 0.602. The molecule has 21 heavy (non-hydrogen) atoms. The number of aliphatic imine (C=N–C) groups is 1. The normalized spacial score (nSPS) is 21.8. The van der Waals surface area contributed by atoms with E-state index in [2.05, 4.69) is 22.1 Å². The molecule has 2 aliphatic rings. The number of rotatable bonds is 3. The third-order valence-corrected chi connectivity index (χ3v) is 3.89. The van der Waals surface area contributed by atoms with Gasteiger partial charge in [0.25, 0.3) is 0 Å². The number of hydrogen-bond acceptors (Lipinski definition) is 4. The Morgan fingerprint density at radius 2 is 1.90 bits per heavy atom. The highest BCUT2D eigenvalue weighted by atomic mass is 16.6. The van der Waals surface area contributed by atoms with Gasteiger partial charge in [-0.2, -0.15) is 0 Å². The fourth-order valence-corrected chi connectivity index (χ4v) is 2.49. The molecule has 1 N–H and O–H groups in total. The summed E-state index contributed by atoms with van der Waals surface area (Å²) in [6.07, 6.45) is -0.223. The Morgan fingerprint density at radius 3 is 2.38 bits per heavy atom. The van der Waals surface area contributed by atoms with E-state index in [0.29, 0.717) is 19.7 Å². The summed E-state index contributed by atoms with van der Waals surface area (Å²) in [5.74, 6) is 0.895. The number of piperazine rings is 1. The van der Waals surface area contributed by atoms with Crippen LogP contribution in [0.15, 0.2) is 4.99 Å². The van der Waals surface area contributed by atoms with Crippen molar-refractivity contribution in [2.75, 3.05) is 59.6 Å². The van der Waals surface area contributed by atoms with E-state index in [1.54, 1.807) is 11.9 Å². The Morgan fingerprint density at radius 1 is 1.29 bits per heavy atom. The minimum Gasteiger partial charge on any atom is -0.450 e. The molecule has 1 amide bonds. The molecule has 7 nitrogen and oxygen atoms in total. The Hall–Kier alpha value is -1.50. The SMILES string of the molecule is CCOC(=O)N1CCN(C(=NC)NCC2(C)COC2)CC1. The Labute approximate surface area is 126 Å². The number of guanidine groups is 1. The molecule has 2 fully saturated rings. The van der Waals surface area contributed by atoms with Crippen LogP contribution >= 0.6 is 0 Å². The number of nitrogens with one attached hydrogen (secondary N) is 1. The van der Waals surface area contributed by atoms with Gasteiger partial charge in [0.1, 0.15) is 0 Å². The van der Waals surface area contributed by atoms with Gasteiger partial charge in [0.05, 0.1) is 19.8 Å². The van der Waals surface area contributed by atoms with Crippen molar-refractivity contribution < 1.29 is 14.3 Å². The lowest BCUT2D eigenvalue weighted by molar-refractivity contribution is -0.0973. The molecular formula is C14H26N4O3. The molecule has 0 radical (unpaired) electrons. The van der Waals surface area contributed by atoms with Crippen molar-refractivity contribution >= 4 is 12.1 Å². The highest BCUT2D eigenvalue weighted by Gasteiger charge is 2.34. The van der Waals surface area contributed by atoms with E-state index in [-0.39, 0.29) is 11.5 Å². The Bertz CT molecular complexity index is 388. The smallest absolute Gasteiger partial charge is 0.409 e. The number of nitrogens with zero attached hydrogens (tertiary/aromatic N) is 3. The van der Waals surface area contributed by atoms with Crippen molar-refractivity contribution in [3.8, 4) is 0 Å². The standard InChI is InChI=1S/C14H26N4O3/c1-4-21-13(19)18-7-5-17(6-8-18)12(15-3)16-9-14(2)10-20-11-14/h4-11H2,1-3H3,(H,15,16). The van der Waals surface area contributed by atoms with E-state index in [0.717, 1.165) is 38.8 Å². The van der Waals surface area contributed by atoms with Crippen LogP contribution in [0.1, 0.15) is 13.8 Å². The fourth-order valence-electron chi connectivity index (χ4n) is 2.49. The van der Waals surface area contributed by atoms with Crippen LogP contribution < -0.4 is 5.32 Å². The van der Waals surface area contributed by atoms with Gasteiger partial charge in [-0.3, -0.25) is 4.99 Å². The molecule has 0 aromatic rings. The first-order valence-electron chi connectivity index (χ1n) is 7.53. The summed E-state index contributed by atoms with van der Waals surface area (Å²) in [5, 5.41) is 3.41. The summed E-state index contributed by atoms with van der Waals surface area (Å²) in [5.41, 5.74) is 0.211. The van der Waals surface area contributed by atoms with Gasteiger partial charge in [0.2, 0.25) is 0 Å². The molecule has 0 spiro atoms. The van der Waals surface area contributed by atoms with Crippen molar-refractivity contribution in [2.24, 2.45) is 10.4 Å². The number of carbonyl (C=O) groups excluding carboxylic acids is 1. The van der Waals surface area contributed by atoms with E-state index in [1.165, 1.54) is 0 Å². The highest BCUT2D eigenvalue weighted by molar-refractivity contribution is 5.80. The first-order valence-corrected chi connectivity index (χ1v) is 7.53. The number of carbonyl (C=O) groups is 1. The molecule has 2 aliphatic heterocycles. The predicted molar refractivity (Wildman–Crippen MR) is 80.5 cm³/mol. The van der Waals surface area contributed by atoms with Crippen LogP contribution in [-0.4, -0.2) is 81.4 Å². The zero-order valence-corrected chi connectivity index (χ0v) is 13.2. The van der Waals surface area contributed by atoms with E-state index in [4.69, 9.17) is 9.47 Å². The molecule has 2 rings (SSSR count). The molecule has 0 aromatic heterocycles. The van der Waals surface area contributed by atoms with Crippen LogP contribution in [-0.2, 0) is 9.47 Å². The average molecular weight is 298 g/mol. The van der Waals surface area contributed by atoms with Gasteiger partial charge in [0.15, 0.2) is 5.96 Å². The van der Waals surface area contributed by atoms with Gasteiger partial charge in [-0.1, -0.05) is 6.92 Å². The number of hydrogen-bond donors (Lipinski definition) is 1. The summed E-state index contributed by atoms with van der Waals surface area (Å²) in [6, 6.07) is 0. The van der Waals surface area contributed by atoms with Gasteiger partial charge in [0, 0.05) is 45.2 Å². The van der Waals surface area contributed by atoms with Gasteiger partial charge < -0.3 is 24.6 Å². The molecule has 0 unspecified atom stereocenters. The third kappa shape index (κ3) is 4.00. The van der Waals surface area contributed by atoms with Crippen LogP contribution in [0.2, 0.25) is 0 Å². The first kappa shape index (κ1) is 15.9. The van der Waals surface area contributed by atoms with Crippen molar-refractivity contribution in [3.63, 3.8) is 0 Å². The lowest BCUT2D eigenvalue weighted by atomic mass is 9.89. The molecular weight excluding hydrogens is 272 g/mol. The molecule has 0 aliphatic carbocycles. The molecule has 0 saturated carbocycles. The second-order valence-electron chi connectivity index (χ2n) is 5.88. The number of amides is 1. The maximum atomic E-state index is 11.7. The summed E-state index contributed by atoms with van der Waals surface area (Å²) in [6.45, 7) is 9.78. The topological polar surface area (TPSA) is 66.4 Å². The highest BCUT2D eigenvalue weighted by Crippen LogP contribution is 2.25. The number of ether oxygens (including phenoxy) is 2. The minimum atomic E-state index is -0.223. The van der Waals surface area contributed by atoms with E-state index >= 15 is 0 Å². The van der Waals surface area contributed by atoms with Crippen LogP contribution in [0.5, 0.6) is 0 Å². The summed E-state index contributed by atoms with van der Waals surface area (Å²) in [7, 11) is 1.79. The largest absolute Gasteiger partial charge is 0.450 e. The molecule has 7 heteroatoms. The van der Waals surface area contributed by atoms with Crippen molar-refractivity contribution in [1.82, 2.24) is 15.1 Å². The lowest BCUT2D eigenvalue weighted by Crippen LogP contribution is -2.56. The molecule has 0 atom stereocenters. The van der Waals surface area contributed by atoms with Crippen molar-refractivity contribution in [1.29, 1.82) is 0 Å². The van der Waals surface area contributed by atoms with Crippen LogP contribution in [0, 0.1) is 5.41 Å². The van der Waals surface area contributed by atoms with Crippen LogP contribution in [0.25, 0.3) is 0 Å². The van der Waals surface area contributed by atoms with Crippen molar-refractivity contribution in [2.45, 2.75) is 13.8 Å². The zero-order valence-electron chi connectivity index (χ0n) is 13.2. The average Bonchev–Trinajstić information content (AvgIpc) is 2.47. The summed E-state index contributed by atoms with van der Waals surface area (Å²) >= 11 is 0. The Kier molecular flexibility index (Phi) is 5.27. The first-order chi connectivity index (χ1) is 10.1. The van der Waals surface area contributed by atoms with Gasteiger partial charge in [-0.15, -0.1) is 0 Å².